The molecule has 16 heteroatoms. The first-order chi connectivity index (χ1) is 17.0. The number of carbonyl (C=O) groups excluding carboxylic acids is 3. The number of hydrogen-bond donors (Lipinski definition) is 10. The minimum atomic E-state index is -1.23. The van der Waals surface area contributed by atoms with Crippen molar-refractivity contribution in [2.24, 2.45) is 44.4 Å². The molecule has 16 nitrogen and oxygen atoms in total. The van der Waals surface area contributed by atoms with Gasteiger partial charge in [0.15, 0.2) is 11.9 Å². The lowest BCUT2D eigenvalue weighted by molar-refractivity contribution is -0.138. The zero-order chi connectivity index (χ0) is 27.5. The summed E-state index contributed by atoms with van der Waals surface area (Å²) in [6.07, 6.45) is 2.56. The number of carboxylic acid groups (broad SMARTS) is 1. The number of hydrogen-bond acceptors (Lipinski definition) is 8. The molecule has 0 bridgehead atoms. The van der Waals surface area contributed by atoms with Crippen LogP contribution in [0.25, 0.3) is 0 Å². The second-order valence-corrected chi connectivity index (χ2v) is 8.02. The summed E-state index contributed by atoms with van der Waals surface area (Å²) in [4.78, 5) is 56.6. The van der Waals surface area contributed by atoms with Crippen molar-refractivity contribution in [3.63, 3.8) is 0 Å². The van der Waals surface area contributed by atoms with Crippen molar-refractivity contribution in [1.29, 1.82) is 0 Å². The average molecular weight is 516 g/mol. The molecule has 3 atom stereocenters. The Labute approximate surface area is 210 Å². The Kier molecular flexibility index (Phi) is 16.7. The fraction of sp³-hybridized carbons (Fsp3) is 0.700. The van der Waals surface area contributed by atoms with E-state index < -0.39 is 48.4 Å². The summed E-state index contributed by atoms with van der Waals surface area (Å²) in [5.41, 5.74) is 32.6. The predicted octanol–water partition coefficient (Wildman–Crippen LogP) is -4.28. The van der Waals surface area contributed by atoms with Crippen LogP contribution in [0.3, 0.4) is 0 Å². The molecular weight excluding hydrogens is 474 g/mol. The van der Waals surface area contributed by atoms with Crippen molar-refractivity contribution >= 4 is 35.6 Å². The van der Waals surface area contributed by atoms with Crippen molar-refractivity contribution in [3.05, 3.63) is 0 Å². The first-order valence-electron chi connectivity index (χ1n) is 11.6. The van der Waals surface area contributed by atoms with E-state index in [-0.39, 0.29) is 37.7 Å². The van der Waals surface area contributed by atoms with E-state index in [4.69, 9.17) is 39.5 Å². The van der Waals surface area contributed by atoms with E-state index >= 15 is 0 Å². The molecule has 0 radical (unpaired) electrons. The second kappa shape index (κ2) is 18.6. The Bertz CT molecular complexity index is 767. The molecule has 3 unspecified atom stereocenters. The maximum Gasteiger partial charge on any atom is 0.322 e. The standard InChI is InChI=1S/C20H41N11O5/c21-8-2-1-6-13(17(35)29-11-15(32)33)31-18(36)14(7-4-10-28-20(25)26)30-16(34)12(22)5-3-9-27-19(23)24/h12-14H,1-11,21-22H2,(H,29,35)(H,30,34)(H,31,36)(H,32,33)(H4,23,24,27)(H4,25,26,28). The van der Waals surface area contributed by atoms with Gasteiger partial charge in [-0.15, -0.1) is 0 Å². The van der Waals surface area contributed by atoms with Crippen LogP contribution in [0.1, 0.15) is 44.9 Å². The van der Waals surface area contributed by atoms with Crippen LogP contribution in [0.5, 0.6) is 0 Å². The monoisotopic (exact) mass is 515 g/mol. The topological polar surface area (TPSA) is 305 Å². The Balaban J connectivity index is 5.32. The fourth-order valence-electron chi connectivity index (χ4n) is 3.02. The Morgan fingerprint density at radius 2 is 1.22 bits per heavy atom. The molecule has 0 heterocycles. The summed E-state index contributed by atoms with van der Waals surface area (Å²) >= 11 is 0. The largest absolute Gasteiger partial charge is 0.480 e. The van der Waals surface area contributed by atoms with Gasteiger partial charge in [0.2, 0.25) is 17.7 Å². The van der Waals surface area contributed by atoms with Gasteiger partial charge in [-0.3, -0.25) is 29.2 Å². The number of carbonyl (C=O) groups is 4. The summed E-state index contributed by atoms with van der Waals surface area (Å²) in [5.74, 6) is -3.28. The highest BCUT2D eigenvalue weighted by Gasteiger charge is 2.28. The van der Waals surface area contributed by atoms with Gasteiger partial charge in [0.05, 0.1) is 6.04 Å². The molecule has 0 aromatic carbocycles. The van der Waals surface area contributed by atoms with Crippen molar-refractivity contribution in [1.82, 2.24) is 16.0 Å². The Morgan fingerprint density at radius 1 is 0.722 bits per heavy atom. The number of unbranched alkanes of at least 4 members (excludes halogenated alkanes) is 1. The molecule has 0 aliphatic carbocycles. The van der Waals surface area contributed by atoms with Crippen LogP contribution in [0, 0.1) is 0 Å². The van der Waals surface area contributed by atoms with E-state index in [2.05, 4.69) is 25.9 Å². The number of guanidine groups is 2. The van der Waals surface area contributed by atoms with Gasteiger partial charge in [0, 0.05) is 13.1 Å². The van der Waals surface area contributed by atoms with Crippen molar-refractivity contribution in [2.45, 2.75) is 63.1 Å². The zero-order valence-electron chi connectivity index (χ0n) is 20.4. The molecule has 0 aliphatic rings. The molecule has 36 heavy (non-hydrogen) atoms. The third kappa shape index (κ3) is 16.0. The van der Waals surface area contributed by atoms with Gasteiger partial charge >= 0.3 is 5.97 Å². The van der Waals surface area contributed by atoms with Gasteiger partial charge in [0.1, 0.15) is 18.6 Å². The van der Waals surface area contributed by atoms with Gasteiger partial charge < -0.3 is 55.5 Å². The SMILES string of the molecule is NCCCCC(NC(=O)C(CCCN=C(N)N)NC(=O)C(N)CCCN=C(N)N)C(=O)NCC(=O)O. The molecule has 0 fully saturated rings. The average Bonchev–Trinajstić information content (AvgIpc) is 2.80. The molecule has 0 rings (SSSR count). The lowest BCUT2D eigenvalue weighted by Gasteiger charge is -2.24. The highest BCUT2D eigenvalue weighted by Crippen LogP contribution is 2.06. The number of aliphatic carboxylic acids is 1. The molecular formula is C20H41N11O5. The van der Waals surface area contributed by atoms with Crippen LogP contribution in [0.2, 0.25) is 0 Å². The predicted molar refractivity (Wildman–Crippen MR) is 135 cm³/mol. The lowest BCUT2D eigenvalue weighted by Crippen LogP contribution is -2.56. The van der Waals surface area contributed by atoms with Gasteiger partial charge in [-0.2, -0.15) is 0 Å². The third-order valence-corrected chi connectivity index (χ3v) is 4.88. The maximum atomic E-state index is 13.0. The van der Waals surface area contributed by atoms with Crippen LogP contribution in [0.15, 0.2) is 9.98 Å². The van der Waals surface area contributed by atoms with E-state index in [1.165, 1.54) is 0 Å². The van der Waals surface area contributed by atoms with E-state index in [1.807, 2.05) is 0 Å². The normalized spacial score (nSPS) is 12.9. The summed E-state index contributed by atoms with van der Waals surface area (Å²) in [5, 5.41) is 16.3. The molecule has 0 aromatic heterocycles. The lowest BCUT2D eigenvalue weighted by atomic mass is 10.1. The molecule has 16 N–H and O–H groups in total. The smallest absolute Gasteiger partial charge is 0.322 e. The van der Waals surface area contributed by atoms with Crippen LogP contribution < -0.4 is 50.4 Å². The quantitative estimate of drug-likeness (QED) is 0.0445. The first-order valence-corrected chi connectivity index (χ1v) is 11.6. The number of carboxylic acids is 1. The van der Waals surface area contributed by atoms with Crippen molar-refractivity contribution in [2.75, 3.05) is 26.2 Å². The van der Waals surface area contributed by atoms with Gasteiger partial charge in [-0.1, -0.05) is 0 Å². The van der Waals surface area contributed by atoms with Gasteiger partial charge in [-0.05, 0) is 51.5 Å². The Morgan fingerprint density at radius 3 is 1.75 bits per heavy atom. The van der Waals surface area contributed by atoms with E-state index in [0.29, 0.717) is 38.8 Å². The Hall–Kier alpha value is -3.66. The molecule has 0 spiro atoms. The van der Waals surface area contributed by atoms with Gasteiger partial charge in [0.25, 0.3) is 0 Å². The summed E-state index contributed by atoms with van der Waals surface area (Å²) in [6, 6.07) is -2.99. The van der Waals surface area contributed by atoms with Crippen LogP contribution in [0.4, 0.5) is 0 Å². The summed E-state index contributed by atoms with van der Waals surface area (Å²) < 4.78 is 0. The van der Waals surface area contributed by atoms with E-state index in [0.717, 1.165) is 0 Å². The molecule has 0 aromatic rings. The summed E-state index contributed by atoms with van der Waals surface area (Å²) in [7, 11) is 0. The van der Waals surface area contributed by atoms with E-state index in [1.54, 1.807) is 0 Å². The second-order valence-electron chi connectivity index (χ2n) is 8.02. The van der Waals surface area contributed by atoms with Gasteiger partial charge in [-0.25, -0.2) is 0 Å². The number of rotatable bonds is 19. The van der Waals surface area contributed by atoms with Crippen molar-refractivity contribution in [3.8, 4) is 0 Å². The number of nitrogens with one attached hydrogen (secondary N) is 3. The third-order valence-electron chi connectivity index (χ3n) is 4.88. The summed E-state index contributed by atoms with van der Waals surface area (Å²) in [6.45, 7) is 0.296. The van der Waals surface area contributed by atoms with Crippen LogP contribution in [-0.2, 0) is 19.2 Å². The highest BCUT2D eigenvalue weighted by molar-refractivity contribution is 5.93. The highest BCUT2D eigenvalue weighted by atomic mass is 16.4. The van der Waals surface area contributed by atoms with Crippen molar-refractivity contribution < 1.29 is 24.3 Å². The number of nitrogens with two attached hydrogens (primary N) is 6. The maximum absolute atomic E-state index is 13.0. The number of nitrogens with zero attached hydrogens (tertiary/aromatic N) is 2. The minimum Gasteiger partial charge on any atom is -0.480 e. The fourth-order valence-corrected chi connectivity index (χ4v) is 3.02. The van der Waals surface area contributed by atoms with Crippen LogP contribution >= 0.6 is 0 Å². The molecule has 0 aliphatic heterocycles. The molecule has 3 amide bonds. The van der Waals surface area contributed by atoms with Crippen LogP contribution in [-0.4, -0.2) is 85.0 Å². The molecule has 0 saturated heterocycles. The van der Waals surface area contributed by atoms with E-state index in [9.17, 15) is 19.2 Å². The number of aliphatic imine (C=N–C) groups is 2. The zero-order valence-corrected chi connectivity index (χ0v) is 20.4. The minimum absolute atomic E-state index is 0.0704. The first kappa shape index (κ1) is 32.3. The molecule has 206 valence electrons. The number of amides is 3. The molecule has 0 saturated carbocycles.